The Hall–Kier alpha value is -0.230. The lowest BCUT2D eigenvalue weighted by molar-refractivity contribution is 0.0420. The molecule has 0 spiro atoms. The second-order valence-corrected chi connectivity index (χ2v) is 4.26. The summed E-state index contributed by atoms with van der Waals surface area (Å²) >= 11 is 0. The molecule has 7 heteroatoms. The Morgan fingerprint density at radius 3 is 2.38 bits per heavy atom. The fourth-order valence-electron chi connectivity index (χ4n) is 0.992. The van der Waals surface area contributed by atoms with Crippen molar-refractivity contribution in [2.24, 2.45) is 0 Å². The molecule has 0 aromatic rings. The highest BCUT2D eigenvalue weighted by molar-refractivity contribution is 7.55. The lowest BCUT2D eigenvalue weighted by atomic mass is 10.1. The van der Waals surface area contributed by atoms with Crippen LogP contribution < -0.4 is 0 Å². The highest BCUT2D eigenvalue weighted by Gasteiger charge is 2.33. The van der Waals surface area contributed by atoms with Gasteiger partial charge in [0.2, 0.25) is 0 Å². The molecule has 0 saturated carbocycles. The third-order valence-corrected chi connectivity index (χ3v) is 2.22. The Balaban J connectivity index is 2.56. The van der Waals surface area contributed by atoms with Crippen molar-refractivity contribution in [2.75, 3.05) is 6.61 Å². The van der Waals surface area contributed by atoms with Gasteiger partial charge in [-0.3, -0.25) is 4.57 Å². The van der Waals surface area contributed by atoms with Gasteiger partial charge in [0.05, 0.1) is 6.61 Å². The lowest BCUT2D eigenvalue weighted by Gasteiger charge is -2.09. The first-order valence-electron chi connectivity index (χ1n) is 3.62. The Morgan fingerprint density at radius 2 is 2.00 bits per heavy atom. The van der Waals surface area contributed by atoms with Gasteiger partial charge in [0.25, 0.3) is 0 Å². The van der Waals surface area contributed by atoms with E-state index in [0.29, 0.717) is 5.82 Å². The normalized spacial score (nSPS) is 35.8. The Bertz CT molecular complexity index is 246. The van der Waals surface area contributed by atoms with Gasteiger partial charge in [-0.2, -0.15) is 0 Å². The first-order chi connectivity index (χ1) is 5.90. The minimum Gasteiger partial charge on any atom is -0.388 e. The second kappa shape index (κ2) is 3.88. The maximum atomic E-state index is 10.4. The maximum absolute atomic E-state index is 10.4. The largest absolute Gasteiger partial charge is 0.388 e. The van der Waals surface area contributed by atoms with Crippen LogP contribution in [0.5, 0.6) is 0 Å². The highest BCUT2D eigenvalue weighted by Crippen LogP contribution is 2.36. The predicted molar refractivity (Wildman–Crippen MR) is 42.9 cm³/mol. The van der Waals surface area contributed by atoms with Crippen LogP contribution in [-0.4, -0.2) is 44.9 Å². The molecule has 1 aliphatic heterocycles. The second-order valence-electron chi connectivity index (χ2n) is 2.79. The number of aliphatic hydroxyl groups excluding tert-OH is 2. The van der Waals surface area contributed by atoms with E-state index in [1.165, 1.54) is 0 Å². The smallest absolute Gasteiger partial charge is 0.348 e. The topological polar surface area (TPSA) is 107 Å². The van der Waals surface area contributed by atoms with Gasteiger partial charge in [0.1, 0.15) is 18.3 Å². The predicted octanol–water partition coefficient (Wildman–Crippen LogP) is -1.20. The highest BCUT2D eigenvalue weighted by atomic mass is 31.2. The van der Waals surface area contributed by atoms with E-state index in [1.807, 2.05) is 0 Å². The van der Waals surface area contributed by atoms with Crippen LogP contribution in [0.2, 0.25) is 0 Å². The van der Waals surface area contributed by atoms with E-state index in [-0.39, 0.29) is 6.61 Å². The van der Waals surface area contributed by atoms with Crippen LogP contribution in [0, 0.1) is 0 Å². The minimum atomic E-state index is -4.22. The molecule has 1 unspecified atom stereocenters. The molecular weight excluding hydrogens is 199 g/mol. The summed E-state index contributed by atoms with van der Waals surface area (Å²) in [4.78, 5) is 16.9. The summed E-state index contributed by atoms with van der Waals surface area (Å²) in [6.45, 7) is -0.0304. The van der Waals surface area contributed by atoms with E-state index in [4.69, 9.17) is 19.6 Å². The van der Waals surface area contributed by atoms with Crippen molar-refractivity contribution in [3.63, 3.8) is 0 Å². The van der Waals surface area contributed by atoms with E-state index in [1.54, 1.807) is 0 Å². The molecule has 0 aromatic carbocycles. The fourth-order valence-corrected chi connectivity index (χ4v) is 1.39. The van der Waals surface area contributed by atoms with Crippen molar-refractivity contribution in [1.82, 2.24) is 0 Å². The molecule has 4 N–H and O–H groups in total. The molecule has 0 radical (unpaired) electrons. The van der Waals surface area contributed by atoms with Crippen LogP contribution in [0.1, 0.15) is 0 Å². The zero-order chi connectivity index (χ0) is 10.1. The summed E-state index contributed by atoms with van der Waals surface area (Å²) < 4.78 is 15.2. The molecule has 0 bridgehead atoms. The van der Waals surface area contributed by atoms with E-state index in [9.17, 15) is 9.67 Å². The third kappa shape index (κ3) is 3.19. The van der Waals surface area contributed by atoms with Gasteiger partial charge in [-0.15, -0.1) is 0 Å². The van der Waals surface area contributed by atoms with E-state index in [2.05, 4.69) is 0 Å². The summed E-state index contributed by atoms with van der Waals surface area (Å²) in [5.41, 5.74) is 0. The molecule has 76 valence electrons. The van der Waals surface area contributed by atoms with Crippen LogP contribution in [-0.2, 0) is 9.30 Å². The van der Waals surface area contributed by atoms with Crippen molar-refractivity contribution >= 4 is 7.60 Å². The maximum Gasteiger partial charge on any atom is 0.348 e. The van der Waals surface area contributed by atoms with Crippen LogP contribution in [0.25, 0.3) is 0 Å². The van der Waals surface area contributed by atoms with Crippen LogP contribution in [0.3, 0.4) is 0 Å². The van der Waals surface area contributed by atoms with Crippen molar-refractivity contribution in [3.05, 3.63) is 11.9 Å². The van der Waals surface area contributed by atoms with Crippen molar-refractivity contribution in [2.45, 2.75) is 18.3 Å². The third-order valence-electron chi connectivity index (χ3n) is 1.66. The first kappa shape index (κ1) is 10.8. The SMILES string of the molecule is O=P(O)(O)/C=C/[C@H]1OCC(O)[C@H]1O. The van der Waals surface area contributed by atoms with Gasteiger partial charge in [-0.05, 0) is 6.08 Å². The molecule has 1 aliphatic rings. The van der Waals surface area contributed by atoms with E-state index in [0.717, 1.165) is 6.08 Å². The van der Waals surface area contributed by atoms with Crippen molar-refractivity contribution in [1.29, 1.82) is 0 Å². The van der Waals surface area contributed by atoms with Gasteiger partial charge in [0, 0.05) is 5.82 Å². The monoisotopic (exact) mass is 210 g/mol. The standard InChI is InChI=1S/C6H11O6P/c7-4-3-12-5(6(4)8)1-2-13(9,10)11/h1-2,4-8H,3H2,(H2,9,10,11)/b2-1+/t4?,5-,6-/m1/s1. The van der Waals surface area contributed by atoms with Crippen LogP contribution >= 0.6 is 7.60 Å². The van der Waals surface area contributed by atoms with Crippen molar-refractivity contribution in [3.8, 4) is 0 Å². The summed E-state index contributed by atoms with van der Waals surface area (Å²) in [5.74, 6) is 0.652. The van der Waals surface area contributed by atoms with E-state index >= 15 is 0 Å². The molecule has 1 saturated heterocycles. The zero-order valence-electron chi connectivity index (χ0n) is 6.65. The minimum absolute atomic E-state index is 0.0304. The molecule has 0 aliphatic carbocycles. The van der Waals surface area contributed by atoms with Gasteiger partial charge < -0.3 is 24.7 Å². The molecule has 1 rings (SSSR count). The van der Waals surface area contributed by atoms with Gasteiger partial charge in [-0.25, -0.2) is 0 Å². The Labute approximate surface area is 74.6 Å². The molecule has 1 heterocycles. The molecule has 3 atom stereocenters. The zero-order valence-corrected chi connectivity index (χ0v) is 7.54. The van der Waals surface area contributed by atoms with Crippen LogP contribution in [0.4, 0.5) is 0 Å². The van der Waals surface area contributed by atoms with Gasteiger partial charge in [0.15, 0.2) is 0 Å². The van der Waals surface area contributed by atoms with Crippen LogP contribution in [0.15, 0.2) is 11.9 Å². The summed E-state index contributed by atoms with van der Waals surface area (Å²) in [5, 5.41) is 18.2. The fraction of sp³-hybridized carbons (Fsp3) is 0.667. The van der Waals surface area contributed by atoms with Gasteiger partial charge >= 0.3 is 7.60 Å². The summed E-state index contributed by atoms with van der Waals surface area (Å²) in [7, 11) is -4.22. The number of ether oxygens (including phenoxy) is 1. The number of hydrogen-bond donors (Lipinski definition) is 4. The van der Waals surface area contributed by atoms with Crippen molar-refractivity contribution < 1.29 is 29.3 Å². The molecule has 0 amide bonds. The Kier molecular flexibility index (Phi) is 3.23. The molecular formula is C6H11O6P. The number of rotatable bonds is 2. The quantitative estimate of drug-likeness (QED) is 0.426. The lowest BCUT2D eigenvalue weighted by Crippen LogP contribution is -2.28. The summed E-state index contributed by atoms with van der Waals surface area (Å²) in [6, 6.07) is 0. The molecule has 0 aromatic heterocycles. The average molecular weight is 210 g/mol. The van der Waals surface area contributed by atoms with E-state index < -0.39 is 25.9 Å². The molecule has 6 nitrogen and oxygen atoms in total. The Morgan fingerprint density at radius 1 is 1.38 bits per heavy atom. The number of aliphatic hydroxyl groups is 2. The first-order valence-corrected chi connectivity index (χ1v) is 5.30. The average Bonchev–Trinajstić information content (AvgIpc) is 2.29. The summed E-state index contributed by atoms with van der Waals surface area (Å²) in [6.07, 6.45) is -1.90. The molecule has 13 heavy (non-hydrogen) atoms. The molecule has 1 fully saturated rings. The number of hydrogen-bond acceptors (Lipinski definition) is 4. The van der Waals surface area contributed by atoms with Gasteiger partial charge in [-0.1, -0.05) is 0 Å².